The Kier molecular flexibility index (Phi) is 63.8. The van der Waals surface area contributed by atoms with Gasteiger partial charge in [0.05, 0.1) is 24.4 Å². The predicted molar refractivity (Wildman–Crippen MR) is 379 cm³/mol. The van der Waals surface area contributed by atoms with Crippen LogP contribution in [0.2, 0.25) is 0 Å². The first-order valence-electron chi connectivity index (χ1n) is 37.5. The van der Waals surface area contributed by atoms with Gasteiger partial charge >= 0.3 is 5.97 Å². The van der Waals surface area contributed by atoms with Crippen LogP contribution < -0.4 is 0 Å². The highest BCUT2D eigenvalue weighted by molar-refractivity contribution is 8.76. The fraction of sp³-hybridized carbons (Fsp3) is 0.932. The first-order valence-corrected chi connectivity index (χ1v) is 40.0. The summed E-state index contributed by atoms with van der Waals surface area (Å²) in [5.74, 6) is 2.20. The molecule has 12 heteroatoms. The summed E-state index contributed by atoms with van der Waals surface area (Å²) in [6.45, 7) is 19.7. The summed E-state index contributed by atoms with van der Waals surface area (Å²) in [6, 6.07) is 0. The predicted octanol–water partition coefficient (Wildman–Crippen LogP) is 18.7. The maximum absolute atomic E-state index is 12.8. The second-order valence-electron chi connectivity index (χ2n) is 26.4. The van der Waals surface area contributed by atoms with Gasteiger partial charge in [0.15, 0.2) is 0 Å². The molecule has 1 aliphatic heterocycles. The number of allylic oxidation sites excluding steroid dienone is 4. The van der Waals surface area contributed by atoms with Gasteiger partial charge < -0.3 is 30.1 Å². The number of rotatable bonds is 68. The molecule has 4 unspecified atom stereocenters. The number of aliphatic hydroxyl groups is 4. The zero-order valence-electron chi connectivity index (χ0n) is 57.5. The van der Waals surface area contributed by atoms with Gasteiger partial charge in [0.2, 0.25) is 0 Å². The first kappa shape index (κ1) is 83.3. The second kappa shape index (κ2) is 65.8. The molecular formula is C74H146N4O6S2. The third kappa shape index (κ3) is 58.4. The van der Waals surface area contributed by atoms with Crippen molar-refractivity contribution in [1.82, 2.24) is 19.6 Å². The molecule has 510 valence electrons. The zero-order chi connectivity index (χ0) is 62.3. The third-order valence-electron chi connectivity index (χ3n) is 17.7. The molecule has 4 atom stereocenters. The van der Waals surface area contributed by atoms with Crippen LogP contribution in [-0.2, 0) is 9.53 Å². The van der Waals surface area contributed by atoms with E-state index in [1.54, 1.807) is 0 Å². The van der Waals surface area contributed by atoms with Crippen molar-refractivity contribution in [1.29, 1.82) is 0 Å². The Labute approximate surface area is 542 Å². The van der Waals surface area contributed by atoms with Crippen molar-refractivity contribution in [2.45, 2.75) is 347 Å². The monoisotopic (exact) mass is 1250 g/mol. The highest BCUT2D eigenvalue weighted by Crippen LogP contribution is 2.24. The molecule has 4 N–H and O–H groups in total. The minimum absolute atomic E-state index is 0.142. The lowest BCUT2D eigenvalue weighted by atomic mass is 10.1. The SMILES string of the molecule is CCCCCCCC/C=C\CCCCCCC(O)CN(CCCCSSCCCCN1CCN(CCOC(=O)CCCN(CC(O)CCCCCCCC)CC(O)CCCCCCCC)CC1)CC(O)CCCCCC/C=C\CCCCCCCC. The van der Waals surface area contributed by atoms with Crippen LogP contribution in [-0.4, -0.2) is 167 Å². The van der Waals surface area contributed by atoms with E-state index in [2.05, 4.69) is 71.6 Å². The molecule has 10 nitrogen and oxygen atoms in total. The minimum atomic E-state index is -0.401. The standard InChI is InChI=1S/C74H146N4O6S2/c1-5-9-13-17-21-23-25-27-29-31-33-35-39-43-52-70(79)66-77(67-71(80)53-44-40-36-34-32-30-28-26-24-22-18-14-10-6-2)56-46-48-65-86-85-64-47-45-55-75-58-60-76(61-59-75)62-63-84-74(83)54-49-57-78(68-72(81)50-41-37-19-15-11-7-3)69-73(82)51-42-38-20-16-12-8-4/h27-30,70-73,79-82H,5-26,31-69H2,1-4H3/b29-27-,30-28-. The number of carbonyl (C=O) groups excluding carboxylic acids is 1. The molecule has 0 bridgehead atoms. The number of carbonyl (C=O) groups is 1. The van der Waals surface area contributed by atoms with Gasteiger partial charge in [0.25, 0.3) is 0 Å². The molecule has 1 heterocycles. The molecule has 0 amide bonds. The molecule has 1 saturated heterocycles. The Morgan fingerprint density at radius 2 is 0.686 bits per heavy atom. The number of hydrogen-bond acceptors (Lipinski definition) is 12. The molecule has 1 aliphatic rings. The van der Waals surface area contributed by atoms with Crippen molar-refractivity contribution < 1.29 is 30.0 Å². The number of ether oxygens (including phenoxy) is 1. The van der Waals surface area contributed by atoms with E-state index in [1.807, 2.05) is 21.6 Å². The van der Waals surface area contributed by atoms with E-state index in [0.29, 0.717) is 52.2 Å². The van der Waals surface area contributed by atoms with Crippen LogP contribution in [0.25, 0.3) is 0 Å². The summed E-state index contributed by atoms with van der Waals surface area (Å²) in [5, 5.41) is 44.2. The molecule has 86 heavy (non-hydrogen) atoms. The average molecular weight is 1250 g/mol. The van der Waals surface area contributed by atoms with Crippen LogP contribution in [0.15, 0.2) is 24.3 Å². The molecule has 0 aromatic rings. The number of unbranched alkanes of at least 4 members (excludes halogenated alkanes) is 32. The summed E-state index contributed by atoms with van der Waals surface area (Å²) < 4.78 is 5.71. The van der Waals surface area contributed by atoms with Crippen LogP contribution in [0.1, 0.15) is 323 Å². The quantitative estimate of drug-likeness (QED) is 0.0201. The van der Waals surface area contributed by atoms with E-state index in [0.717, 1.165) is 109 Å². The fourth-order valence-electron chi connectivity index (χ4n) is 12.1. The van der Waals surface area contributed by atoms with Crippen LogP contribution in [0, 0.1) is 0 Å². The highest BCUT2D eigenvalue weighted by Gasteiger charge is 2.20. The van der Waals surface area contributed by atoms with Crippen molar-refractivity contribution in [3.8, 4) is 0 Å². The fourth-order valence-corrected chi connectivity index (χ4v) is 14.4. The molecule has 0 aromatic carbocycles. The number of piperazine rings is 1. The van der Waals surface area contributed by atoms with E-state index >= 15 is 0 Å². The van der Waals surface area contributed by atoms with Gasteiger partial charge in [0.1, 0.15) is 6.61 Å². The van der Waals surface area contributed by atoms with Gasteiger partial charge in [0, 0.05) is 76.8 Å². The van der Waals surface area contributed by atoms with E-state index in [9.17, 15) is 25.2 Å². The largest absolute Gasteiger partial charge is 0.464 e. The van der Waals surface area contributed by atoms with Gasteiger partial charge in [-0.1, -0.05) is 253 Å². The van der Waals surface area contributed by atoms with Crippen LogP contribution in [0.5, 0.6) is 0 Å². The third-order valence-corrected chi connectivity index (χ3v) is 20.3. The Morgan fingerprint density at radius 1 is 0.384 bits per heavy atom. The number of nitrogens with zero attached hydrogens (tertiary/aromatic N) is 4. The number of esters is 1. The Balaban J connectivity index is 2.33. The molecular weight excluding hydrogens is 1100 g/mol. The maximum atomic E-state index is 12.8. The minimum Gasteiger partial charge on any atom is -0.464 e. The highest BCUT2D eigenvalue weighted by atomic mass is 33.1. The summed E-state index contributed by atoms with van der Waals surface area (Å²) in [4.78, 5) is 22.4. The van der Waals surface area contributed by atoms with Gasteiger partial charge in [-0.25, -0.2) is 0 Å². The van der Waals surface area contributed by atoms with Gasteiger partial charge in [-0.2, -0.15) is 0 Å². The van der Waals surface area contributed by atoms with E-state index < -0.39 is 12.2 Å². The Bertz CT molecular complexity index is 1370. The molecule has 1 rings (SSSR count). The molecule has 0 radical (unpaired) electrons. The summed E-state index contributed by atoms with van der Waals surface area (Å²) in [6.07, 6.45) is 62.5. The van der Waals surface area contributed by atoms with Crippen LogP contribution >= 0.6 is 21.6 Å². The molecule has 0 saturated carbocycles. The number of hydrogen-bond donors (Lipinski definition) is 4. The molecule has 0 aliphatic carbocycles. The molecule has 0 spiro atoms. The topological polar surface area (TPSA) is 120 Å². The lowest BCUT2D eigenvalue weighted by molar-refractivity contribution is -0.144. The van der Waals surface area contributed by atoms with Gasteiger partial charge in [-0.3, -0.25) is 19.5 Å². The van der Waals surface area contributed by atoms with Crippen molar-refractivity contribution in [2.24, 2.45) is 0 Å². The van der Waals surface area contributed by atoms with Crippen molar-refractivity contribution >= 4 is 27.6 Å². The van der Waals surface area contributed by atoms with E-state index in [1.165, 1.54) is 230 Å². The van der Waals surface area contributed by atoms with Crippen LogP contribution in [0.3, 0.4) is 0 Å². The van der Waals surface area contributed by atoms with Gasteiger partial charge in [-0.05, 0) is 129 Å². The van der Waals surface area contributed by atoms with Crippen molar-refractivity contribution in [3.63, 3.8) is 0 Å². The molecule has 0 aromatic heterocycles. The summed E-state index contributed by atoms with van der Waals surface area (Å²) in [5.41, 5.74) is 0. The number of aliphatic hydroxyl groups excluding tert-OH is 4. The summed E-state index contributed by atoms with van der Waals surface area (Å²) in [7, 11) is 4.04. The van der Waals surface area contributed by atoms with E-state index in [4.69, 9.17) is 4.74 Å². The van der Waals surface area contributed by atoms with Crippen LogP contribution in [0.4, 0.5) is 0 Å². The molecule has 1 fully saturated rings. The lowest BCUT2D eigenvalue weighted by Crippen LogP contribution is -2.47. The Hall–Kier alpha value is -0.670. The Morgan fingerprint density at radius 3 is 1.05 bits per heavy atom. The van der Waals surface area contributed by atoms with Gasteiger partial charge in [-0.15, -0.1) is 0 Å². The summed E-state index contributed by atoms with van der Waals surface area (Å²) >= 11 is 0. The average Bonchev–Trinajstić information content (AvgIpc) is 3.65. The maximum Gasteiger partial charge on any atom is 0.305 e. The lowest BCUT2D eigenvalue weighted by Gasteiger charge is -2.34. The zero-order valence-corrected chi connectivity index (χ0v) is 59.1. The van der Waals surface area contributed by atoms with Crippen molar-refractivity contribution in [2.75, 3.05) is 96.6 Å². The smallest absolute Gasteiger partial charge is 0.305 e. The normalized spacial score (nSPS) is 15.1. The van der Waals surface area contributed by atoms with E-state index in [-0.39, 0.29) is 18.2 Å². The van der Waals surface area contributed by atoms with Crippen molar-refractivity contribution in [3.05, 3.63) is 24.3 Å². The first-order chi connectivity index (χ1) is 42.2. The second-order valence-corrected chi connectivity index (χ2v) is 29.1.